The third-order valence-corrected chi connectivity index (χ3v) is 3.36. The van der Waals surface area contributed by atoms with Gasteiger partial charge >= 0.3 is 6.03 Å². The number of carbonyl (C=O) groups excluding carboxylic acids is 1. The van der Waals surface area contributed by atoms with Crippen LogP contribution in [0.5, 0.6) is 0 Å². The number of hydroxylamine groups is 1. The number of amides is 2. The van der Waals surface area contributed by atoms with Gasteiger partial charge in [-0.1, -0.05) is 36.4 Å². The van der Waals surface area contributed by atoms with Gasteiger partial charge in [0.2, 0.25) is 0 Å². The molecule has 22 heavy (non-hydrogen) atoms. The van der Waals surface area contributed by atoms with E-state index in [1.807, 2.05) is 30.3 Å². The standard InChI is InChI=1S/C17H14N3O2/c21-17(19-12-13-8-10-18-11-9-13)20(22)16-7-3-5-14-4-1-2-6-15(14)16/h1-11H,12H2,(H,19,21)/q-1. The van der Waals surface area contributed by atoms with Gasteiger partial charge in [0.25, 0.3) is 0 Å². The first-order chi connectivity index (χ1) is 10.8. The second-order valence-corrected chi connectivity index (χ2v) is 4.81. The van der Waals surface area contributed by atoms with Gasteiger partial charge in [-0.25, -0.2) is 4.79 Å². The lowest BCUT2D eigenvalue weighted by Gasteiger charge is -2.29. The molecular weight excluding hydrogens is 278 g/mol. The molecule has 0 bridgehead atoms. The number of hydrogen-bond donors (Lipinski definition) is 1. The minimum atomic E-state index is -0.687. The van der Waals surface area contributed by atoms with Crippen LogP contribution in [0.2, 0.25) is 0 Å². The fourth-order valence-corrected chi connectivity index (χ4v) is 2.24. The Bertz CT molecular complexity index is 785. The fraction of sp³-hybridized carbons (Fsp3) is 0.0588. The molecule has 0 aliphatic heterocycles. The number of pyridine rings is 1. The number of benzene rings is 2. The summed E-state index contributed by atoms with van der Waals surface area (Å²) >= 11 is 0. The first-order valence-electron chi connectivity index (χ1n) is 6.87. The average molecular weight is 292 g/mol. The van der Waals surface area contributed by atoms with Crippen molar-refractivity contribution in [3.05, 3.63) is 77.8 Å². The Kier molecular flexibility index (Phi) is 3.98. The number of aromatic nitrogens is 1. The highest BCUT2D eigenvalue weighted by Crippen LogP contribution is 2.26. The summed E-state index contributed by atoms with van der Waals surface area (Å²) in [6.45, 7) is 0.283. The van der Waals surface area contributed by atoms with E-state index in [1.54, 1.807) is 36.7 Å². The van der Waals surface area contributed by atoms with Gasteiger partial charge in [-0.2, -0.15) is 0 Å². The van der Waals surface area contributed by atoms with Crippen LogP contribution in [0, 0.1) is 5.21 Å². The van der Waals surface area contributed by atoms with Gasteiger partial charge in [-0.3, -0.25) is 4.98 Å². The minimum absolute atomic E-state index is 0.283. The lowest BCUT2D eigenvalue weighted by molar-refractivity contribution is 0.248. The van der Waals surface area contributed by atoms with E-state index in [1.165, 1.54) is 0 Å². The Labute approximate surface area is 127 Å². The van der Waals surface area contributed by atoms with Crippen LogP contribution in [-0.4, -0.2) is 11.0 Å². The molecule has 5 heteroatoms. The minimum Gasteiger partial charge on any atom is -0.750 e. The van der Waals surface area contributed by atoms with Gasteiger partial charge < -0.3 is 15.6 Å². The Hall–Kier alpha value is -2.92. The summed E-state index contributed by atoms with van der Waals surface area (Å²) < 4.78 is 0. The van der Waals surface area contributed by atoms with Crippen molar-refractivity contribution in [1.82, 2.24) is 10.3 Å². The molecule has 0 saturated heterocycles. The molecule has 0 atom stereocenters. The molecular formula is C17H14N3O2-. The largest absolute Gasteiger partial charge is 0.750 e. The molecule has 1 heterocycles. The molecule has 3 rings (SSSR count). The van der Waals surface area contributed by atoms with Crippen LogP contribution in [0.25, 0.3) is 10.8 Å². The molecule has 0 radical (unpaired) electrons. The SMILES string of the molecule is O=C(NCc1ccncc1)N([O-])c1cccc2ccccc12. The maximum Gasteiger partial charge on any atom is 0.311 e. The molecule has 1 aromatic heterocycles. The molecule has 5 nitrogen and oxygen atoms in total. The van der Waals surface area contributed by atoms with Crippen molar-refractivity contribution in [3.8, 4) is 0 Å². The Morgan fingerprint density at radius 1 is 1.05 bits per heavy atom. The van der Waals surface area contributed by atoms with Crippen molar-refractivity contribution >= 4 is 22.5 Å². The lowest BCUT2D eigenvalue weighted by Crippen LogP contribution is -2.35. The number of urea groups is 1. The maximum absolute atomic E-state index is 12.3. The highest BCUT2D eigenvalue weighted by molar-refractivity contribution is 6.03. The van der Waals surface area contributed by atoms with E-state index in [4.69, 9.17) is 0 Å². The number of nitrogens with zero attached hydrogens (tertiary/aromatic N) is 2. The predicted octanol–water partition coefficient (Wildman–Crippen LogP) is 3.45. The van der Waals surface area contributed by atoms with Crippen molar-refractivity contribution in [3.63, 3.8) is 0 Å². The fourth-order valence-electron chi connectivity index (χ4n) is 2.24. The Balaban J connectivity index is 1.77. The topological polar surface area (TPSA) is 68.3 Å². The second-order valence-electron chi connectivity index (χ2n) is 4.81. The first kappa shape index (κ1) is 14.0. The Morgan fingerprint density at radius 2 is 1.77 bits per heavy atom. The van der Waals surface area contributed by atoms with Crippen LogP contribution in [-0.2, 0) is 6.54 Å². The number of nitrogens with one attached hydrogen (secondary N) is 1. The van der Waals surface area contributed by atoms with Crippen molar-refractivity contribution in [2.75, 3.05) is 5.06 Å². The van der Waals surface area contributed by atoms with Crippen LogP contribution in [0.3, 0.4) is 0 Å². The van der Waals surface area contributed by atoms with Crippen LogP contribution >= 0.6 is 0 Å². The highest BCUT2D eigenvalue weighted by Gasteiger charge is 2.08. The quantitative estimate of drug-likeness (QED) is 0.752. The van der Waals surface area contributed by atoms with Crippen LogP contribution in [0.15, 0.2) is 67.0 Å². The summed E-state index contributed by atoms with van der Waals surface area (Å²) in [4.78, 5) is 16.0. The number of anilines is 1. The smallest absolute Gasteiger partial charge is 0.311 e. The molecule has 0 aliphatic rings. The summed E-state index contributed by atoms with van der Waals surface area (Å²) in [5, 5.41) is 16.9. The molecule has 110 valence electrons. The number of rotatable bonds is 3. The Morgan fingerprint density at radius 3 is 2.59 bits per heavy atom. The zero-order valence-corrected chi connectivity index (χ0v) is 11.8. The van der Waals surface area contributed by atoms with E-state index >= 15 is 0 Å². The highest BCUT2D eigenvalue weighted by atomic mass is 16.5. The molecule has 0 unspecified atom stereocenters. The molecule has 3 aromatic rings. The maximum atomic E-state index is 12.3. The molecule has 0 saturated carbocycles. The van der Waals surface area contributed by atoms with Gasteiger partial charge in [0, 0.05) is 30.0 Å². The van der Waals surface area contributed by atoms with E-state index in [0.717, 1.165) is 16.3 Å². The normalized spacial score (nSPS) is 10.4. The summed E-state index contributed by atoms with van der Waals surface area (Å²) in [5.74, 6) is 0. The van der Waals surface area contributed by atoms with Gasteiger partial charge in [0.15, 0.2) is 0 Å². The van der Waals surface area contributed by atoms with Crippen LogP contribution < -0.4 is 10.4 Å². The van der Waals surface area contributed by atoms with E-state index in [0.29, 0.717) is 10.8 Å². The summed E-state index contributed by atoms with van der Waals surface area (Å²) in [6.07, 6.45) is 3.28. The van der Waals surface area contributed by atoms with Crippen molar-refractivity contribution in [1.29, 1.82) is 0 Å². The molecule has 0 fully saturated rings. The molecule has 2 aromatic carbocycles. The lowest BCUT2D eigenvalue weighted by atomic mass is 10.1. The van der Waals surface area contributed by atoms with Crippen LogP contribution in [0.1, 0.15) is 5.56 Å². The van der Waals surface area contributed by atoms with Gasteiger partial charge in [0.05, 0.1) is 0 Å². The molecule has 0 aliphatic carbocycles. The number of carbonyl (C=O) groups is 1. The van der Waals surface area contributed by atoms with Crippen LogP contribution in [0.4, 0.5) is 10.5 Å². The van der Waals surface area contributed by atoms with Crippen molar-refractivity contribution < 1.29 is 4.79 Å². The van der Waals surface area contributed by atoms with E-state index < -0.39 is 6.03 Å². The molecule has 1 N–H and O–H groups in total. The van der Waals surface area contributed by atoms with Gasteiger partial charge in [0.1, 0.15) is 0 Å². The second kappa shape index (κ2) is 6.24. The van der Waals surface area contributed by atoms with Crippen molar-refractivity contribution in [2.24, 2.45) is 0 Å². The first-order valence-corrected chi connectivity index (χ1v) is 6.87. The summed E-state index contributed by atoms with van der Waals surface area (Å²) in [6, 6.07) is 15.7. The van der Waals surface area contributed by atoms with Gasteiger partial charge in [-0.15, -0.1) is 0 Å². The third-order valence-electron chi connectivity index (χ3n) is 3.36. The number of fused-ring (bicyclic) bond motifs is 1. The third kappa shape index (κ3) is 2.89. The zero-order valence-electron chi connectivity index (χ0n) is 11.8. The number of hydrogen-bond acceptors (Lipinski definition) is 3. The van der Waals surface area contributed by atoms with Gasteiger partial charge in [-0.05, 0) is 29.1 Å². The van der Waals surface area contributed by atoms with E-state index in [9.17, 15) is 10.0 Å². The van der Waals surface area contributed by atoms with E-state index in [2.05, 4.69) is 10.3 Å². The molecule has 0 spiro atoms. The summed E-state index contributed by atoms with van der Waals surface area (Å²) in [5.41, 5.74) is 1.22. The zero-order chi connectivity index (χ0) is 15.4. The molecule has 2 amide bonds. The summed E-state index contributed by atoms with van der Waals surface area (Å²) in [7, 11) is 0. The van der Waals surface area contributed by atoms with E-state index in [-0.39, 0.29) is 6.54 Å². The average Bonchev–Trinajstić information content (AvgIpc) is 2.59. The monoisotopic (exact) mass is 292 g/mol. The van der Waals surface area contributed by atoms with Crippen molar-refractivity contribution in [2.45, 2.75) is 6.54 Å². The predicted molar refractivity (Wildman–Crippen MR) is 86.3 cm³/mol.